The molecule has 106 valence electrons. The van der Waals surface area contributed by atoms with Gasteiger partial charge in [-0.3, -0.25) is 0 Å². The first-order chi connectivity index (χ1) is 9.41. The first-order valence-corrected chi connectivity index (χ1v) is 8.56. The molecule has 0 atom stereocenters. The lowest BCUT2D eigenvalue weighted by atomic mass is 10.1. The van der Waals surface area contributed by atoms with Crippen LogP contribution < -0.4 is 4.74 Å². The van der Waals surface area contributed by atoms with Crippen LogP contribution in [0.5, 0.6) is 5.88 Å². The Labute approximate surface area is 126 Å². The molecule has 0 N–H and O–H groups in total. The highest BCUT2D eigenvalue weighted by Crippen LogP contribution is 2.28. The van der Waals surface area contributed by atoms with E-state index in [4.69, 9.17) is 4.74 Å². The van der Waals surface area contributed by atoms with E-state index in [1.54, 1.807) is 30.5 Å². The monoisotopic (exact) mass is 356 g/mol. The molecular weight excluding hydrogens is 344 g/mol. The molecule has 5 nitrogen and oxygen atoms in total. The molecule has 0 aliphatic rings. The second-order valence-electron chi connectivity index (χ2n) is 4.08. The van der Waals surface area contributed by atoms with Crippen molar-refractivity contribution >= 4 is 25.8 Å². The second kappa shape index (κ2) is 5.88. The van der Waals surface area contributed by atoms with Crippen LogP contribution >= 0.6 is 15.9 Å². The standard InChI is InChI=1S/C13H13BrN2O3S/c1-3-19-13-12(16-11(14)8-15-13)9-4-6-10(7-5-9)20(2,17)18/h4-8H,3H2,1-2H3. The lowest BCUT2D eigenvalue weighted by molar-refractivity contribution is 0.327. The predicted molar refractivity (Wildman–Crippen MR) is 79.4 cm³/mol. The number of nitrogens with zero attached hydrogens (tertiary/aromatic N) is 2. The molecule has 1 aromatic carbocycles. The van der Waals surface area contributed by atoms with Crippen molar-refractivity contribution < 1.29 is 13.2 Å². The fourth-order valence-corrected chi connectivity index (χ4v) is 2.56. The number of benzene rings is 1. The highest BCUT2D eigenvalue weighted by Gasteiger charge is 2.12. The molecule has 0 amide bonds. The molecular formula is C13H13BrN2O3S. The van der Waals surface area contributed by atoms with Crippen LogP contribution in [0.1, 0.15) is 6.92 Å². The van der Waals surface area contributed by atoms with Crippen LogP contribution in [0.3, 0.4) is 0 Å². The van der Waals surface area contributed by atoms with E-state index in [-0.39, 0.29) is 4.90 Å². The molecule has 0 radical (unpaired) electrons. The Bertz CT molecular complexity index is 715. The van der Waals surface area contributed by atoms with Crippen LogP contribution in [0.4, 0.5) is 0 Å². The van der Waals surface area contributed by atoms with Crippen LogP contribution in [-0.2, 0) is 9.84 Å². The molecule has 0 bridgehead atoms. The minimum absolute atomic E-state index is 0.266. The summed E-state index contributed by atoms with van der Waals surface area (Å²) in [5, 5.41) is 0. The van der Waals surface area contributed by atoms with Gasteiger partial charge in [0.05, 0.1) is 17.7 Å². The molecule has 0 saturated carbocycles. The lowest BCUT2D eigenvalue weighted by Gasteiger charge is -2.09. The summed E-state index contributed by atoms with van der Waals surface area (Å²) in [5.74, 6) is 0.419. The predicted octanol–water partition coefficient (Wildman–Crippen LogP) is 2.71. The summed E-state index contributed by atoms with van der Waals surface area (Å²) in [6.07, 6.45) is 2.73. The number of sulfone groups is 1. The van der Waals surface area contributed by atoms with Gasteiger partial charge in [-0.25, -0.2) is 18.4 Å². The summed E-state index contributed by atoms with van der Waals surface area (Å²) in [6.45, 7) is 2.34. The van der Waals surface area contributed by atoms with Crippen LogP contribution in [-0.4, -0.2) is 31.2 Å². The number of ether oxygens (including phenoxy) is 1. The SMILES string of the molecule is CCOc1ncc(Br)nc1-c1ccc(S(C)(=O)=O)cc1. The number of hydrogen-bond acceptors (Lipinski definition) is 5. The van der Waals surface area contributed by atoms with Gasteiger partial charge in [0.2, 0.25) is 5.88 Å². The molecule has 2 aromatic rings. The molecule has 0 saturated heterocycles. The van der Waals surface area contributed by atoms with Gasteiger partial charge in [0.15, 0.2) is 9.84 Å². The highest BCUT2D eigenvalue weighted by atomic mass is 79.9. The third-order valence-corrected chi connectivity index (χ3v) is 4.06. The summed E-state index contributed by atoms with van der Waals surface area (Å²) in [4.78, 5) is 8.77. The summed E-state index contributed by atoms with van der Waals surface area (Å²) < 4.78 is 28.9. The fraction of sp³-hybridized carbons (Fsp3) is 0.231. The van der Waals surface area contributed by atoms with E-state index in [0.29, 0.717) is 22.8 Å². The van der Waals surface area contributed by atoms with Gasteiger partial charge in [0.25, 0.3) is 0 Å². The third kappa shape index (κ3) is 3.34. The van der Waals surface area contributed by atoms with Gasteiger partial charge in [0, 0.05) is 11.8 Å². The van der Waals surface area contributed by atoms with E-state index >= 15 is 0 Å². The van der Waals surface area contributed by atoms with Gasteiger partial charge in [-0.1, -0.05) is 12.1 Å². The summed E-state index contributed by atoms with van der Waals surface area (Å²) in [5.41, 5.74) is 1.32. The fourth-order valence-electron chi connectivity index (χ4n) is 1.65. The molecule has 2 rings (SSSR count). The smallest absolute Gasteiger partial charge is 0.240 e. The Morgan fingerprint density at radius 1 is 1.25 bits per heavy atom. The van der Waals surface area contributed by atoms with Crippen molar-refractivity contribution in [1.82, 2.24) is 9.97 Å². The van der Waals surface area contributed by atoms with Crippen molar-refractivity contribution in [2.45, 2.75) is 11.8 Å². The molecule has 0 spiro atoms. The maximum Gasteiger partial charge on any atom is 0.240 e. The molecule has 20 heavy (non-hydrogen) atoms. The minimum atomic E-state index is -3.21. The van der Waals surface area contributed by atoms with E-state index in [9.17, 15) is 8.42 Å². The average molecular weight is 357 g/mol. The Kier molecular flexibility index (Phi) is 4.39. The largest absolute Gasteiger partial charge is 0.476 e. The third-order valence-electron chi connectivity index (χ3n) is 2.55. The van der Waals surface area contributed by atoms with Crippen LogP contribution in [0.15, 0.2) is 40.0 Å². The zero-order chi connectivity index (χ0) is 14.8. The molecule has 1 heterocycles. The van der Waals surface area contributed by atoms with Gasteiger partial charge >= 0.3 is 0 Å². The van der Waals surface area contributed by atoms with Crippen LogP contribution in [0.2, 0.25) is 0 Å². The number of aromatic nitrogens is 2. The lowest BCUT2D eigenvalue weighted by Crippen LogP contribution is -2.00. The normalized spacial score (nSPS) is 11.3. The van der Waals surface area contributed by atoms with Crippen molar-refractivity contribution in [3.05, 3.63) is 35.1 Å². The van der Waals surface area contributed by atoms with E-state index in [1.807, 2.05) is 6.92 Å². The molecule has 7 heteroatoms. The van der Waals surface area contributed by atoms with E-state index in [0.717, 1.165) is 5.56 Å². The quantitative estimate of drug-likeness (QED) is 0.842. The highest BCUT2D eigenvalue weighted by molar-refractivity contribution is 9.10. The first-order valence-electron chi connectivity index (χ1n) is 5.87. The molecule has 0 fully saturated rings. The summed E-state index contributed by atoms with van der Waals surface area (Å²) >= 11 is 3.27. The zero-order valence-corrected chi connectivity index (χ0v) is 13.4. The van der Waals surface area contributed by atoms with E-state index in [1.165, 1.54) is 6.26 Å². The first kappa shape index (κ1) is 14.9. The molecule has 1 aromatic heterocycles. The topological polar surface area (TPSA) is 69.2 Å². The molecule has 0 unspecified atom stereocenters. The van der Waals surface area contributed by atoms with E-state index in [2.05, 4.69) is 25.9 Å². The second-order valence-corrected chi connectivity index (χ2v) is 6.90. The minimum Gasteiger partial charge on any atom is -0.476 e. The average Bonchev–Trinajstić information content (AvgIpc) is 2.40. The van der Waals surface area contributed by atoms with Crippen molar-refractivity contribution in [1.29, 1.82) is 0 Å². The molecule has 0 aliphatic carbocycles. The number of halogens is 1. The van der Waals surface area contributed by atoms with Gasteiger partial charge in [0.1, 0.15) is 10.3 Å². The van der Waals surface area contributed by atoms with Crippen molar-refractivity contribution in [2.24, 2.45) is 0 Å². The van der Waals surface area contributed by atoms with Crippen LogP contribution in [0, 0.1) is 0 Å². The number of rotatable bonds is 4. The van der Waals surface area contributed by atoms with Gasteiger partial charge < -0.3 is 4.74 Å². The van der Waals surface area contributed by atoms with Gasteiger partial charge in [-0.05, 0) is 35.0 Å². The van der Waals surface area contributed by atoms with Crippen molar-refractivity contribution in [3.8, 4) is 17.1 Å². The Morgan fingerprint density at radius 3 is 2.45 bits per heavy atom. The molecule has 0 aliphatic heterocycles. The van der Waals surface area contributed by atoms with Gasteiger partial charge in [-0.2, -0.15) is 0 Å². The van der Waals surface area contributed by atoms with Gasteiger partial charge in [-0.15, -0.1) is 0 Å². The maximum atomic E-state index is 11.4. The Morgan fingerprint density at radius 2 is 1.90 bits per heavy atom. The van der Waals surface area contributed by atoms with E-state index < -0.39 is 9.84 Å². The summed E-state index contributed by atoms with van der Waals surface area (Å²) in [7, 11) is -3.21. The Balaban J connectivity index is 2.48. The number of hydrogen-bond donors (Lipinski definition) is 0. The maximum absolute atomic E-state index is 11.4. The van der Waals surface area contributed by atoms with Crippen molar-refractivity contribution in [2.75, 3.05) is 12.9 Å². The van der Waals surface area contributed by atoms with Crippen molar-refractivity contribution in [3.63, 3.8) is 0 Å². The van der Waals surface area contributed by atoms with Crippen LogP contribution in [0.25, 0.3) is 11.3 Å². The zero-order valence-electron chi connectivity index (χ0n) is 11.0. The Hall–Kier alpha value is -1.47. The summed E-state index contributed by atoms with van der Waals surface area (Å²) in [6, 6.07) is 6.47.